The lowest BCUT2D eigenvalue weighted by atomic mass is 10.1. The number of nitrogens with zero attached hydrogens (tertiary/aromatic N) is 5. The van der Waals surface area contributed by atoms with Gasteiger partial charge in [0.15, 0.2) is 0 Å². The molecule has 1 atom stereocenters. The molecule has 1 unspecified atom stereocenters. The van der Waals surface area contributed by atoms with Crippen LogP contribution in [0.2, 0.25) is 0 Å². The van der Waals surface area contributed by atoms with Crippen molar-refractivity contribution in [2.45, 2.75) is 11.9 Å². The van der Waals surface area contributed by atoms with Crippen LogP contribution in [-0.4, -0.2) is 33.2 Å². The highest BCUT2D eigenvalue weighted by atomic mass is 79.9. The Bertz CT molecular complexity index is 1440. The largest absolute Gasteiger partial charge is 0.461 e. The van der Waals surface area contributed by atoms with E-state index in [1.807, 2.05) is 66.7 Å². The molecule has 3 aromatic rings. The number of para-hydroxylation sites is 3. The summed E-state index contributed by atoms with van der Waals surface area (Å²) in [5, 5.41) is 24.7. The zero-order valence-electron chi connectivity index (χ0n) is 19.5. The van der Waals surface area contributed by atoms with Crippen molar-refractivity contribution in [2.24, 2.45) is 10.2 Å². The number of hydrazone groups is 2. The van der Waals surface area contributed by atoms with Crippen LogP contribution in [-0.2, 0) is 9.53 Å². The van der Waals surface area contributed by atoms with E-state index in [1.54, 1.807) is 30.1 Å². The van der Waals surface area contributed by atoms with Gasteiger partial charge in [-0.2, -0.15) is 10.2 Å². The Morgan fingerprint density at radius 2 is 1.73 bits per heavy atom. The summed E-state index contributed by atoms with van der Waals surface area (Å²) in [6.45, 7) is 1.88. The molecule has 0 aliphatic carbocycles. The molecule has 186 valence electrons. The number of halogens is 1. The second-order valence-electron chi connectivity index (χ2n) is 7.92. The number of hydrogen-bond acceptors (Lipinski definition) is 9. The van der Waals surface area contributed by atoms with Crippen LogP contribution in [0.1, 0.15) is 12.5 Å². The van der Waals surface area contributed by atoms with Crippen LogP contribution in [0.15, 0.2) is 106 Å². The van der Waals surface area contributed by atoms with Gasteiger partial charge in [-0.1, -0.05) is 58.4 Å². The first kappa shape index (κ1) is 24.7. The number of rotatable bonds is 6. The molecule has 11 heteroatoms. The second-order valence-corrected chi connectivity index (χ2v) is 10.0. The second kappa shape index (κ2) is 10.2. The van der Waals surface area contributed by atoms with Crippen molar-refractivity contribution in [3.8, 4) is 0 Å². The third-order valence-electron chi connectivity index (χ3n) is 5.61. The van der Waals surface area contributed by atoms with Crippen molar-refractivity contribution in [3.63, 3.8) is 0 Å². The van der Waals surface area contributed by atoms with Gasteiger partial charge < -0.3 is 4.74 Å². The minimum Gasteiger partial charge on any atom is -0.461 e. The van der Waals surface area contributed by atoms with E-state index >= 15 is 0 Å². The third kappa shape index (κ3) is 4.63. The first-order valence-electron chi connectivity index (χ1n) is 11.3. The predicted octanol–water partition coefficient (Wildman–Crippen LogP) is 5.92. The normalized spacial score (nSPS) is 18.5. The molecule has 37 heavy (non-hydrogen) atoms. The number of anilines is 2. The number of carbonyl (C=O) groups is 1. The summed E-state index contributed by atoms with van der Waals surface area (Å²) in [5.41, 5.74) is 2.32. The molecular weight excluding hydrogens is 558 g/mol. The molecule has 0 N–H and O–H groups in total. The lowest BCUT2D eigenvalue weighted by Gasteiger charge is -2.43. The van der Waals surface area contributed by atoms with Crippen LogP contribution in [0.3, 0.4) is 0 Å². The van der Waals surface area contributed by atoms with Crippen molar-refractivity contribution >= 4 is 61.5 Å². The molecule has 0 bridgehead atoms. The van der Waals surface area contributed by atoms with E-state index in [0.29, 0.717) is 11.4 Å². The number of benzene rings is 3. The van der Waals surface area contributed by atoms with E-state index < -0.39 is 15.9 Å². The average Bonchev–Trinajstić information content (AvgIpc) is 3.30. The Morgan fingerprint density at radius 1 is 1.03 bits per heavy atom. The van der Waals surface area contributed by atoms with Gasteiger partial charge in [-0.3, -0.25) is 10.1 Å². The first-order valence-corrected chi connectivity index (χ1v) is 12.9. The van der Waals surface area contributed by atoms with Crippen molar-refractivity contribution in [2.75, 3.05) is 16.6 Å². The molecule has 0 saturated carbocycles. The highest BCUT2D eigenvalue weighted by Crippen LogP contribution is 2.49. The van der Waals surface area contributed by atoms with Crippen LogP contribution in [0.5, 0.6) is 0 Å². The Labute approximate surface area is 225 Å². The fraction of sp³-hybridized carbons (Fsp3) is 0.115. The average molecular weight is 578 g/mol. The topological polar surface area (TPSA) is 101 Å². The number of thioether (sulfide) groups is 1. The molecule has 0 radical (unpaired) electrons. The highest BCUT2D eigenvalue weighted by Gasteiger charge is 2.53. The lowest BCUT2D eigenvalue weighted by molar-refractivity contribution is -0.384. The van der Waals surface area contributed by atoms with E-state index in [-0.39, 0.29) is 23.0 Å². The van der Waals surface area contributed by atoms with Crippen LogP contribution < -0.4 is 10.0 Å². The van der Waals surface area contributed by atoms with Crippen molar-refractivity contribution < 1.29 is 14.5 Å². The van der Waals surface area contributed by atoms with Gasteiger partial charge >= 0.3 is 5.97 Å². The molecule has 1 spiro atoms. The van der Waals surface area contributed by atoms with Crippen LogP contribution in [0.25, 0.3) is 0 Å². The van der Waals surface area contributed by atoms with Crippen LogP contribution in [0.4, 0.5) is 17.1 Å². The molecule has 2 heterocycles. The van der Waals surface area contributed by atoms with Gasteiger partial charge in [0, 0.05) is 16.1 Å². The van der Waals surface area contributed by atoms with Crippen molar-refractivity contribution in [3.05, 3.63) is 111 Å². The number of hydrogen-bond donors (Lipinski definition) is 0. The zero-order valence-corrected chi connectivity index (χ0v) is 21.9. The number of nitro groups is 1. The zero-order chi connectivity index (χ0) is 26.0. The van der Waals surface area contributed by atoms with E-state index in [9.17, 15) is 14.9 Å². The Kier molecular flexibility index (Phi) is 6.81. The summed E-state index contributed by atoms with van der Waals surface area (Å²) in [7, 11) is 0. The smallest absolute Gasteiger partial charge is 0.365 e. The third-order valence-corrected chi connectivity index (χ3v) is 7.36. The van der Waals surface area contributed by atoms with E-state index in [2.05, 4.69) is 21.0 Å². The maximum Gasteiger partial charge on any atom is 0.365 e. The summed E-state index contributed by atoms with van der Waals surface area (Å²) < 4.78 is 6.17. The monoisotopic (exact) mass is 577 g/mol. The number of nitro benzene ring substituents is 1. The molecule has 9 nitrogen and oxygen atoms in total. The Balaban J connectivity index is 1.70. The molecular formula is C26H20BrN5O4S. The fourth-order valence-corrected chi connectivity index (χ4v) is 5.37. The number of allylic oxidation sites excluding steroid dienone is 1. The quantitative estimate of drug-likeness (QED) is 0.203. The van der Waals surface area contributed by atoms with Gasteiger partial charge in [0.2, 0.25) is 10.0 Å². The first-order chi connectivity index (χ1) is 17.9. The summed E-state index contributed by atoms with van der Waals surface area (Å²) in [6, 6.07) is 23.4. The fourth-order valence-electron chi connectivity index (χ4n) is 3.96. The summed E-state index contributed by atoms with van der Waals surface area (Å²) in [6.07, 6.45) is 3.68. The van der Waals surface area contributed by atoms with E-state index in [1.165, 1.54) is 11.1 Å². The summed E-state index contributed by atoms with van der Waals surface area (Å²) in [4.78, 5) is 23.0. The van der Waals surface area contributed by atoms with Crippen LogP contribution in [0, 0.1) is 10.1 Å². The number of carbonyl (C=O) groups excluding carboxylic acids is 1. The molecule has 5 rings (SSSR count). The van der Waals surface area contributed by atoms with Gasteiger partial charge in [0.25, 0.3) is 5.69 Å². The summed E-state index contributed by atoms with van der Waals surface area (Å²) in [5.74, 6) is -0.614. The summed E-state index contributed by atoms with van der Waals surface area (Å²) >= 11 is 4.57. The van der Waals surface area contributed by atoms with Gasteiger partial charge in [-0.15, -0.1) is 0 Å². The van der Waals surface area contributed by atoms with Gasteiger partial charge in [-0.05, 0) is 61.2 Å². The van der Waals surface area contributed by atoms with E-state index in [4.69, 9.17) is 9.84 Å². The SMILES string of the molecule is CCOC(=O)C1=NN(c2ccccc2[N+](=O)[O-])C2(C=CC(c3ccc(Br)cc3)=NN2c2ccccc2)S1. The Hall–Kier alpha value is -3.96. The van der Waals surface area contributed by atoms with Crippen molar-refractivity contribution in [1.82, 2.24) is 0 Å². The van der Waals surface area contributed by atoms with E-state index in [0.717, 1.165) is 21.8 Å². The van der Waals surface area contributed by atoms with Crippen LogP contribution >= 0.6 is 27.7 Å². The molecule has 2 aliphatic heterocycles. The maximum atomic E-state index is 12.8. The minimum atomic E-state index is -1.26. The molecule has 0 aromatic heterocycles. The van der Waals surface area contributed by atoms with Gasteiger partial charge in [0.05, 0.1) is 22.9 Å². The molecule has 0 fully saturated rings. The molecule has 0 saturated heterocycles. The highest BCUT2D eigenvalue weighted by molar-refractivity contribution is 9.10. The lowest BCUT2D eigenvalue weighted by Crippen LogP contribution is -2.54. The minimum absolute atomic E-state index is 0.0628. The predicted molar refractivity (Wildman–Crippen MR) is 149 cm³/mol. The maximum absolute atomic E-state index is 12.8. The van der Waals surface area contributed by atoms with Crippen molar-refractivity contribution in [1.29, 1.82) is 0 Å². The number of esters is 1. The standard InChI is InChI=1S/C26H20BrN5O4S/c1-2-36-25(33)24-29-31(22-10-6-7-11-23(22)32(34)35)26(37-24)17-16-21(18-12-14-19(27)15-13-18)28-30(26)20-8-4-3-5-9-20/h3-17H,2H2,1H3. The Morgan fingerprint density at radius 3 is 2.43 bits per heavy atom. The molecule has 3 aromatic carbocycles. The number of ether oxygens (including phenoxy) is 1. The van der Waals surface area contributed by atoms with Gasteiger partial charge in [0.1, 0.15) is 5.69 Å². The van der Waals surface area contributed by atoms with Gasteiger partial charge in [-0.25, -0.2) is 14.8 Å². The molecule has 2 aliphatic rings. The molecule has 0 amide bonds.